The van der Waals surface area contributed by atoms with Crippen molar-refractivity contribution in [3.05, 3.63) is 59.4 Å². The lowest BCUT2D eigenvalue weighted by Gasteiger charge is -2.00. The molecule has 1 heterocycles. The van der Waals surface area contributed by atoms with Crippen LogP contribution in [0.15, 0.2) is 42.7 Å². The smallest absolute Gasteiger partial charge is 0.0531 e. The van der Waals surface area contributed by atoms with Crippen molar-refractivity contribution in [2.75, 3.05) is 0 Å². The van der Waals surface area contributed by atoms with Crippen LogP contribution in [0, 0.1) is 6.92 Å². The third-order valence-corrected chi connectivity index (χ3v) is 2.17. The van der Waals surface area contributed by atoms with E-state index in [0.29, 0.717) is 0 Å². The van der Waals surface area contributed by atoms with Crippen LogP contribution in [0.5, 0.6) is 0 Å². The predicted molar refractivity (Wildman–Crippen MR) is 56.0 cm³/mol. The molecule has 0 saturated carbocycles. The Bertz CT molecular complexity index is 392. The van der Waals surface area contributed by atoms with Gasteiger partial charge in [0.05, 0.1) is 6.20 Å². The molecule has 0 N–H and O–H groups in total. The molecule has 0 atom stereocenters. The van der Waals surface area contributed by atoms with Gasteiger partial charge in [-0.05, 0) is 30.5 Å². The van der Waals surface area contributed by atoms with Crippen molar-refractivity contribution in [1.82, 2.24) is 10.2 Å². The molecule has 0 fully saturated rings. The van der Waals surface area contributed by atoms with Gasteiger partial charge in [0, 0.05) is 6.20 Å². The standard InChI is InChI=1S/C12H12N2/c1-10-2-4-11(5-3-10)8-12-6-7-13-14-9-12/h2-7,9H,8H2,1H3. The molecule has 0 spiro atoms. The van der Waals surface area contributed by atoms with Crippen molar-refractivity contribution in [3.63, 3.8) is 0 Å². The summed E-state index contributed by atoms with van der Waals surface area (Å²) in [7, 11) is 0. The van der Waals surface area contributed by atoms with Crippen LogP contribution in [0.3, 0.4) is 0 Å². The van der Waals surface area contributed by atoms with E-state index in [1.807, 2.05) is 6.07 Å². The van der Waals surface area contributed by atoms with Crippen molar-refractivity contribution in [3.8, 4) is 0 Å². The van der Waals surface area contributed by atoms with E-state index in [1.54, 1.807) is 12.4 Å². The van der Waals surface area contributed by atoms with Gasteiger partial charge in [-0.25, -0.2) is 0 Å². The first-order valence-corrected chi connectivity index (χ1v) is 4.66. The molecule has 0 aliphatic rings. The maximum absolute atomic E-state index is 3.85. The van der Waals surface area contributed by atoms with Gasteiger partial charge in [0.25, 0.3) is 0 Å². The molecule has 0 bridgehead atoms. The third-order valence-electron chi connectivity index (χ3n) is 2.17. The zero-order chi connectivity index (χ0) is 9.80. The Balaban J connectivity index is 2.16. The van der Waals surface area contributed by atoms with E-state index in [9.17, 15) is 0 Å². The predicted octanol–water partition coefficient (Wildman–Crippen LogP) is 2.38. The summed E-state index contributed by atoms with van der Waals surface area (Å²) in [5.41, 5.74) is 3.80. The van der Waals surface area contributed by atoms with Gasteiger partial charge < -0.3 is 0 Å². The van der Waals surface area contributed by atoms with E-state index >= 15 is 0 Å². The first-order valence-electron chi connectivity index (χ1n) is 4.66. The molecule has 2 aromatic rings. The van der Waals surface area contributed by atoms with Crippen LogP contribution in [0.4, 0.5) is 0 Å². The Morgan fingerprint density at radius 3 is 2.36 bits per heavy atom. The number of rotatable bonds is 2. The second-order valence-electron chi connectivity index (χ2n) is 3.41. The van der Waals surface area contributed by atoms with E-state index in [0.717, 1.165) is 6.42 Å². The number of benzene rings is 1. The van der Waals surface area contributed by atoms with Gasteiger partial charge in [-0.2, -0.15) is 10.2 Å². The number of aryl methyl sites for hydroxylation is 1. The Morgan fingerprint density at radius 2 is 1.71 bits per heavy atom. The third kappa shape index (κ3) is 2.16. The van der Waals surface area contributed by atoms with Crippen LogP contribution in [0.1, 0.15) is 16.7 Å². The summed E-state index contributed by atoms with van der Waals surface area (Å²) < 4.78 is 0. The van der Waals surface area contributed by atoms with Crippen LogP contribution < -0.4 is 0 Å². The molecule has 0 radical (unpaired) electrons. The second-order valence-corrected chi connectivity index (χ2v) is 3.41. The Morgan fingerprint density at radius 1 is 0.929 bits per heavy atom. The summed E-state index contributed by atoms with van der Waals surface area (Å²) in [5.74, 6) is 0. The number of hydrogen-bond acceptors (Lipinski definition) is 2. The zero-order valence-electron chi connectivity index (χ0n) is 8.14. The van der Waals surface area contributed by atoms with Crippen molar-refractivity contribution in [1.29, 1.82) is 0 Å². The molecule has 0 amide bonds. The zero-order valence-corrected chi connectivity index (χ0v) is 8.14. The molecule has 2 rings (SSSR count). The SMILES string of the molecule is Cc1ccc(Cc2ccnnc2)cc1. The first-order chi connectivity index (χ1) is 6.84. The molecule has 1 aromatic carbocycles. The topological polar surface area (TPSA) is 25.8 Å². The van der Waals surface area contributed by atoms with E-state index in [4.69, 9.17) is 0 Å². The molecule has 0 unspecified atom stereocenters. The van der Waals surface area contributed by atoms with Gasteiger partial charge in [0.15, 0.2) is 0 Å². The monoisotopic (exact) mass is 184 g/mol. The fourth-order valence-corrected chi connectivity index (χ4v) is 1.36. The average molecular weight is 184 g/mol. The maximum atomic E-state index is 3.85. The van der Waals surface area contributed by atoms with Crippen molar-refractivity contribution in [2.45, 2.75) is 13.3 Å². The summed E-state index contributed by atoms with van der Waals surface area (Å²) in [6.45, 7) is 2.10. The minimum atomic E-state index is 0.926. The van der Waals surface area contributed by atoms with Gasteiger partial charge in [0.2, 0.25) is 0 Å². The number of hydrogen-bond donors (Lipinski definition) is 0. The molecule has 0 aliphatic heterocycles. The first kappa shape index (κ1) is 8.88. The number of nitrogens with zero attached hydrogens (tertiary/aromatic N) is 2. The molecule has 0 saturated heterocycles. The average Bonchev–Trinajstić information content (AvgIpc) is 2.23. The van der Waals surface area contributed by atoms with Gasteiger partial charge in [0.1, 0.15) is 0 Å². The molecule has 70 valence electrons. The molecule has 2 heteroatoms. The van der Waals surface area contributed by atoms with Crippen molar-refractivity contribution in [2.24, 2.45) is 0 Å². The van der Waals surface area contributed by atoms with Crippen LogP contribution in [0.25, 0.3) is 0 Å². The Labute approximate surface area is 83.6 Å². The van der Waals surface area contributed by atoms with Crippen LogP contribution in [-0.2, 0) is 6.42 Å². The van der Waals surface area contributed by atoms with Gasteiger partial charge in [-0.3, -0.25) is 0 Å². The molecule has 2 nitrogen and oxygen atoms in total. The fourth-order valence-electron chi connectivity index (χ4n) is 1.36. The van der Waals surface area contributed by atoms with Crippen molar-refractivity contribution < 1.29 is 0 Å². The van der Waals surface area contributed by atoms with E-state index in [1.165, 1.54) is 16.7 Å². The highest BCUT2D eigenvalue weighted by Crippen LogP contribution is 2.08. The van der Waals surface area contributed by atoms with Crippen LogP contribution >= 0.6 is 0 Å². The lowest BCUT2D eigenvalue weighted by Crippen LogP contribution is -1.90. The highest BCUT2D eigenvalue weighted by atomic mass is 15.1. The largest absolute Gasteiger partial charge is 0.159 e. The normalized spacial score (nSPS) is 10.1. The summed E-state index contributed by atoms with van der Waals surface area (Å²) in [4.78, 5) is 0. The molecule has 0 aliphatic carbocycles. The molecule has 14 heavy (non-hydrogen) atoms. The molecule has 1 aromatic heterocycles. The van der Waals surface area contributed by atoms with Crippen molar-refractivity contribution >= 4 is 0 Å². The summed E-state index contributed by atoms with van der Waals surface area (Å²) in [6, 6.07) is 10.5. The lowest BCUT2D eigenvalue weighted by atomic mass is 10.1. The lowest BCUT2D eigenvalue weighted by molar-refractivity contribution is 0.994. The number of aromatic nitrogens is 2. The van der Waals surface area contributed by atoms with E-state index < -0.39 is 0 Å². The maximum Gasteiger partial charge on any atom is 0.0531 e. The quantitative estimate of drug-likeness (QED) is 0.716. The van der Waals surface area contributed by atoms with Gasteiger partial charge >= 0.3 is 0 Å². The summed E-state index contributed by atoms with van der Waals surface area (Å²) in [6.07, 6.45) is 4.46. The Kier molecular flexibility index (Phi) is 2.54. The van der Waals surface area contributed by atoms with E-state index in [-0.39, 0.29) is 0 Å². The van der Waals surface area contributed by atoms with Crippen LogP contribution in [0.2, 0.25) is 0 Å². The second kappa shape index (κ2) is 4.01. The minimum Gasteiger partial charge on any atom is -0.159 e. The Hall–Kier alpha value is -1.70. The minimum absolute atomic E-state index is 0.926. The summed E-state index contributed by atoms with van der Waals surface area (Å²) in [5, 5.41) is 7.60. The molecular formula is C12H12N2. The van der Waals surface area contributed by atoms with E-state index in [2.05, 4.69) is 41.4 Å². The fraction of sp³-hybridized carbons (Fsp3) is 0.167. The molecular weight excluding hydrogens is 172 g/mol. The van der Waals surface area contributed by atoms with Gasteiger partial charge in [-0.15, -0.1) is 0 Å². The highest BCUT2D eigenvalue weighted by Gasteiger charge is 1.95. The van der Waals surface area contributed by atoms with Crippen LogP contribution in [-0.4, -0.2) is 10.2 Å². The van der Waals surface area contributed by atoms with Gasteiger partial charge in [-0.1, -0.05) is 29.8 Å². The highest BCUT2D eigenvalue weighted by molar-refractivity contribution is 5.26. The summed E-state index contributed by atoms with van der Waals surface area (Å²) >= 11 is 0.